The van der Waals surface area contributed by atoms with Crippen LogP contribution in [0.25, 0.3) is 0 Å². The second-order valence-electron chi connectivity index (χ2n) is 6.40. The van der Waals surface area contributed by atoms with E-state index in [1.165, 1.54) is 18.1 Å². The van der Waals surface area contributed by atoms with Crippen LogP contribution in [0.15, 0.2) is 36.5 Å². The zero-order chi connectivity index (χ0) is 17.6. The maximum absolute atomic E-state index is 11.1. The molecule has 1 aliphatic heterocycles. The van der Waals surface area contributed by atoms with Crippen molar-refractivity contribution in [3.63, 3.8) is 0 Å². The minimum Gasteiger partial charge on any atom is -0.368 e. The molecule has 1 aliphatic rings. The van der Waals surface area contributed by atoms with Crippen LogP contribution in [0.3, 0.4) is 0 Å². The molecule has 3 rings (SSSR count). The van der Waals surface area contributed by atoms with Crippen molar-refractivity contribution in [2.75, 3.05) is 19.7 Å². The number of carbonyl (C=O) groups excluding carboxylic acids is 1. The number of ether oxygens (including phenoxy) is 1. The first-order valence-electron chi connectivity index (χ1n) is 8.56. The predicted molar refractivity (Wildman–Crippen MR) is 94.7 cm³/mol. The fourth-order valence-electron chi connectivity index (χ4n) is 2.84. The van der Waals surface area contributed by atoms with Gasteiger partial charge in [0.25, 0.3) is 0 Å². The van der Waals surface area contributed by atoms with Crippen molar-refractivity contribution in [3.8, 4) is 0 Å². The summed E-state index contributed by atoms with van der Waals surface area (Å²) in [4.78, 5) is 22.3. The summed E-state index contributed by atoms with van der Waals surface area (Å²) in [7, 11) is 0. The fraction of sp³-hybridized carbons (Fsp3) is 0.421. The van der Waals surface area contributed by atoms with Crippen LogP contribution in [0.4, 0.5) is 0 Å². The lowest BCUT2D eigenvalue weighted by Crippen LogP contribution is -2.38. The van der Waals surface area contributed by atoms with E-state index in [1.54, 1.807) is 6.20 Å². The minimum atomic E-state index is -0.142. The molecule has 0 bridgehead atoms. The third-order valence-electron chi connectivity index (χ3n) is 4.22. The van der Waals surface area contributed by atoms with E-state index in [2.05, 4.69) is 51.4 Å². The minimum absolute atomic E-state index is 0.0710. The summed E-state index contributed by atoms with van der Waals surface area (Å²) in [6, 6.07) is 10.4. The van der Waals surface area contributed by atoms with Gasteiger partial charge in [0.1, 0.15) is 6.10 Å². The Morgan fingerprint density at radius 2 is 2.12 bits per heavy atom. The Kier molecular flexibility index (Phi) is 5.73. The van der Waals surface area contributed by atoms with Gasteiger partial charge in [-0.05, 0) is 18.6 Å². The van der Waals surface area contributed by atoms with Gasteiger partial charge < -0.3 is 10.1 Å². The van der Waals surface area contributed by atoms with Crippen LogP contribution in [0.1, 0.15) is 35.7 Å². The van der Waals surface area contributed by atoms with Gasteiger partial charge in [0, 0.05) is 32.8 Å². The number of hydrogen-bond donors (Lipinski definition) is 1. The summed E-state index contributed by atoms with van der Waals surface area (Å²) >= 11 is 0. The van der Waals surface area contributed by atoms with Gasteiger partial charge in [-0.3, -0.25) is 9.69 Å². The number of aryl methyl sites for hydroxylation is 1. The summed E-state index contributed by atoms with van der Waals surface area (Å²) in [5, 5.41) is 2.76. The fourth-order valence-corrected chi connectivity index (χ4v) is 2.84. The molecule has 0 saturated carbocycles. The Labute approximate surface area is 148 Å². The van der Waals surface area contributed by atoms with Crippen LogP contribution in [-0.4, -0.2) is 40.5 Å². The van der Waals surface area contributed by atoms with Crippen LogP contribution < -0.4 is 5.32 Å². The molecule has 6 heteroatoms. The summed E-state index contributed by atoms with van der Waals surface area (Å²) in [5.74, 6) is 0.606. The highest BCUT2D eigenvalue weighted by atomic mass is 16.5. The Bertz CT molecular complexity index is 718. The van der Waals surface area contributed by atoms with E-state index in [1.807, 2.05) is 6.07 Å². The van der Waals surface area contributed by atoms with Crippen molar-refractivity contribution in [2.45, 2.75) is 33.0 Å². The first kappa shape index (κ1) is 17.5. The first-order chi connectivity index (χ1) is 12.1. The Hall–Kier alpha value is -2.31. The molecule has 6 nitrogen and oxygen atoms in total. The molecule has 0 aliphatic carbocycles. The Balaban J connectivity index is 1.63. The number of morpholine rings is 1. The van der Waals surface area contributed by atoms with E-state index in [0.717, 1.165) is 25.3 Å². The Morgan fingerprint density at radius 3 is 2.88 bits per heavy atom. The van der Waals surface area contributed by atoms with Gasteiger partial charge in [-0.15, -0.1) is 0 Å². The van der Waals surface area contributed by atoms with E-state index < -0.39 is 0 Å². The lowest BCUT2D eigenvalue weighted by atomic mass is 10.1. The number of carbonyl (C=O) groups is 1. The standard InChI is InChI=1S/C19H24N4O2/c1-14-3-5-16(6-4-14)12-23-9-10-25-18(13-23)19-20-8-7-17(22-19)11-21-15(2)24/h3-8,18H,9-13H2,1-2H3,(H,21,24)/t18-/m1/s1. The third kappa shape index (κ3) is 5.08. The molecule has 1 N–H and O–H groups in total. The number of benzene rings is 1. The zero-order valence-corrected chi connectivity index (χ0v) is 14.7. The lowest BCUT2D eigenvalue weighted by Gasteiger charge is -2.32. The van der Waals surface area contributed by atoms with Crippen molar-refractivity contribution in [1.29, 1.82) is 0 Å². The monoisotopic (exact) mass is 340 g/mol. The van der Waals surface area contributed by atoms with Crippen molar-refractivity contribution in [2.24, 2.45) is 0 Å². The molecule has 1 aromatic heterocycles. The third-order valence-corrected chi connectivity index (χ3v) is 4.22. The van der Waals surface area contributed by atoms with Crippen LogP contribution in [0, 0.1) is 6.92 Å². The molecule has 1 atom stereocenters. The quantitative estimate of drug-likeness (QED) is 0.902. The molecule has 1 saturated heterocycles. The second kappa shape index (κ2) is 8.18. The summed E-state index contributed by atoms with van der Waals surface area (Å²) in [5.41, 5.74) is 3.36. The van der Waals surface area contributed by atoms with Gasteiger partial charge in [-0.2, -0.15) is 0 Å². The molecule has 0 spiro atoms. The van der Waals surface area contributed by atoms with E-state index in [9.17, 15) is 4.79 Å². The summed E-state index contributed by atoms with van der Waals surface area (Å²) in [6.45, 7) is 7.22. The Morgan fingerprint density at radius 1 is 1.32 bits per heavy atom. The molecule has 0 unspecified atom stereocenters. The molecular formula is C19H24N4O2. The maximum Gasteiger partial charge on any atom is 0.217 e. The highest BCUT2D eigenvalue weighted by Crippen LogP contribution is 2.20. The van der Waals surface area contributed by atoms with Gasteiger partial charge in [0.2, 0.25) is 5.91 Å². The van der Waals surface area contributed by atoms with Crippen LogP contribution in [0.2, 0.25) is 0 Å². The van der Waals surface area contributed by atoms with E-state index in [-0.39, 0.29) is 12.0 Å². The molecule has 2 heterocycles. The van der Waals surface area contributed by atoms with E-state index >= 15 is 0 Å². The van der Waals surface area contributed by atoms with Crippen LogP contribution >= 0.6 is 0 Å². The van der Waals surface area contributed by atoms with Crippen molar-refractivity contribution < 1.29 is 9.53 Å². The van der Waals surface area contributed by atoms with Gasteiger partial charge in [-0.1, -0.05) is 29.8 Å². The predicted octanol–water partition coefficient (Wildman–Crippen LogP) is 1.99. The second-order valence-corrected chi connectivity index (χ2v) is 6.40. The number of rotatable bonds is 5. The van der Waals surface area contributed by atoms with Gasteiger partial charge in [0.05, 0.1) is 18.8 Å². The summed E-state index contributed by atoms with van der Waals surface area (Å²) < 4.78 is 5.88. The smallest absolute Gasteiger partial charge is 0.217 e. The molecule has 1 fully saturated rings. The van der Waals surface area contributed by atoms with Gasteiger partial charge >= 0.3 is 0 Å². The molecule has 0 radical (unpaired) electrons. The number of aromatic nitrogens is 2. The van der Waals surface area contributed by atoms with Crippen LogP contribution in [-0.2, 0) is 22.6 Å². The maximum atomic E-state index is 11.1. The van der Waals surface area contributed by atoms with Crippen LogP contribution in [0.5, 0.6) is 0 Å². The number of nitrogens with one attached hydrogen (secondary N) is 1. The number of amides is 1. The highest BCUT2D eigenvalue weighted by Gasteiger charge is 2.24. The SMILES string of the molecule is CC(=O)NCc1ccnc([C@H]2CN(Cc3ccc(C)cc3)CCO2)n1. The molecule has 132 valence electrons. The molecule has 25 heavy (non-hydrogen) atoms. The largest absolute Gasteiger partial charge is 0.368 e. The lowest BCUT2D eigenvalue weighted by molar-refractivity contribution is -0.119. The van der Waals surface area contributed by atoms with Gasteiger partial charge in [-0.25, -0.2) is 9.97 Å². The van der Waals surface area contributed by atoms with Crippen molar-refractivity contribution >= 4 is 5.91 Å². The topological polar surface area (TPSA) is 67.4 Å². The van der Waals surface area contributed by atoms with Gasteiger partial charge in [0.15, 0.2) is 5.82 Å². The first-order valence-corrected chi connectivity index (χ1v) is 8.56. The highest BCUT2D eigenvalue weighted by molar-refractivity contribution is 5.72. The molecule has 1 aromatic carbocycles. The van der Waals surface area contributed by atoms with E-state index in [0.29, 0.717) is 19.0 Å². The summed E-state index contributed by atoms with van der Waals surface area (Å²) in [6.07, 6.45) is 1.58. The molecular weight excluding hydrogens is 316 g/mol. The average molecular weight is 340 g/mol. The average Bonchev–Trinajstić information content (AvgIpc) is 2.62. The molecule has 2 aromatic rings. The number of nitrogens with zero attached hydrogens (tertiary/aromatic N) is 3. The molecule has 1 amide bonds. The number of hydrogen-bond acceptors (Lipinski definition) is 5. The zero-order valence-electron chi connectivity index (χ0n) is 14.7. The van der Waals surface area contributed by atoms with Crippen molar-refractivity contribution in [3.05, 3.63) is 59.2 Å². The van der Waals surface area contributed by atoms with Crippen molar-refractivity contribution in [1.82, 2.24) is 20.2 Å². The normalized spacial score (nSPS) is 18.1. The van der Waals surface area contributed by atoms with E-state index in [4.69, 9.17) is 4.74 Å².